The second-order valence-electron chi connectivity index (χ2n) is 29.4. The fraction of sp³-hybridized carbons (Fsp3) is 0.135. The largest absolute Gasteiger partial charge is 0.305 e. The number of aryl methyl sites for hydroxylation is 2. The summed E-state index contributed by atoms with van der Waals surface area (Å²) in [6.45, 7) is 19.7. The number of nitrogens with zero attached hydrogens (tertiary/aromatic N) is 6. The third kappa shape index (κ3) is 25.9. The standard InChI is InChI=1S/C21H18N.2C21H20N.C19H16N.2C11H8N.4Ir/c1-21(11-12-21)19-10-13-22-20(15-19)18-9-5-8-17(14-18)16-6-3-2-4-7-16;2*1-21(2,3)19-12-13-20(22-15-19)18-11-7-10-17(14-18)16-8-5-4-6-9-16;1-14-11-19(20-13-15(14)2)18-10-6-9-17(12-18)16-7-4-3-5-8-16;2*1-2-6-10(7-3-1)11-8-4-5-9-12-11;;;;/h2-8,10,13-15H,11-12H2,1H3;2*4-10,12-15H,1-3H3;3-9,11-13H,1-2H3;2*1-6,8-9H;;;;/q6*-1;;;;. The molecule has 1 aliphatic rings. The summed E-state index contributed by atoms with van der Waals surface area (Å²) in [6.07, 6.45) is 13.9. The van der Waals surface area contributed by atoms with Crippen LogP contribution in [0.5, 0.6) is 0 Å². The molecule has 0 amide bonds. The van der Waals surface area contributed by atoms with Crippen LogP contribution >= 0.6 is 0 Å². The number of benzene rings is 10. The van der Waals surface area contributed by atoms with Crippen molar-refractivity contribution in [1.82, 2.24) is 29.9 Å². The Morgan fingerprint density at radius 2 is 0.570 bits per heavy atom. The van der Waals surface area contributed by atoms with E-state index in [0.717, 1.165) is 67.5 Å². The van der Waals surface area contributed by atoms with Crippen molar-refractivity contribution in [2.45, 2.75) is 91.4 Å². The van der Waals surface area contributed by atoms with E-state index in [0.29, 0.717) is 5.41 Å². The molecule has 16 aromatic rings. The van der Waals surface area contributed by atoms with Gasteiger partial charge in [-0.05, 0) is 140 Å². The Morgan fingerprint density at radius 3 is 0.877 bits per heavy atom. The molecule has 1 aliphatic carbocycles. The van der Waals surface area contributed by atoms with Gasteiger partial charge < -0.3 is 29.9 Å². The minimum absolute atomic E-state index is 0. The summed E-state index contributed by atoms with van der Waals surface area (Å²) in [7, 11) is 0. The Bertz CT molecular complexity index is 5210. The summed E-state index contributed by atoms with van der Waals surface area (Å²) in [6, 6.07) is 128. The van der Waals surface area contributed by atoms with Crippen molar-refractivity contribution < 1.29 is 80.4 Å². The molecule has 6 aromatic heterocycles. The van der Waals surface area contributed by atoms with Crippen molar-refractivity contribution in [2.75, 3.05) is 0 Å². The summed E-state index contributed by atoms with van der Waals surface area (Å²) in [5, 5.41) is 0. The van der Waals surface area contributed by atoms with Gasteiger partial charge in [0.1, 0.15) is 0 Å². The van der Waals surface area contributed by atoms with E-state index < -0.39 is 0 Å². The van der Waals surface area contributed by atoms with Gasteiger partial charge in [0.25, 0.3) is 0 Å². The van der Waals surface area contributed by atoms with E-state index in [1.54, 1.807) is 12.4 Å². The maximum Gasteiger partial charge on any atom is 0.0198 e. The minimum atomic E-state index is 0. The number of pyridine rings is 6. The smallest absolute Gasteiger partial charge is 0.0198 e. The molecule has 10 heteroatoms. The van der Waals surface area contributed by atoms with Crippen LogP contribution in [0.1, 0.15) is 89.1 Å². The summed E-state index contributed by atoms with van der Waals surface area (Å²) in [5.41, 5.74) is 28.7. The zero-order chi connectivity index (χ0) is 76.6. The van der Waals surface area contributed by atoms with E-state index in [9.17, 15) is 0 Å². The molecule has 4 radical (unpaired) electrons. The second kappa shape index (κ2) is 43.8. The Balaban J connectivity index is 0.000000172. The number of rotatable bonds is 11. The first kappa shape index (κ1) is 89.3. The van der Waals surface area contributed by atoms with Crippen LogP contribution in [0, 0.1) is 50.2 Å². The van der Waals surface area contributed by atoms with Gasteiger partial charge in [-0.15, -0.1) is 213 Å². The van der Waals surface area contributed by atoms with Crippen molar-refractivity contribution in [3.63, 3.8) is 0 Å². The van der Waals surface area contributed by atoms with Crippen LogP contribution in [0.15, 0.2) is 359 Å². The molecule has 17 rings (SSSR count). The van der Waals surface area contributed by atoms with Gasteiger partial charge in [0.15, 0.2) is 0 Å². The molecule has 0 unspecified atom stereocenters. The fourth-order valence-corrected chi connectivity index (χ4v) is 12.0. The third-order valence-corrected chi connectivity index (χ3v) is 19.1. The predicted molar refractivity (Wildman–Crippen MR) is 456 cm³/mol. The van der Waals surface area contributed by atoms with Crippen molar-refractivity contribution >= 4 is 0 Å². The Hall–Kier alpha value is -10.3. The maximum absolute atomic E-state index is 4.62. The average Bonchev–Trinajstić information content (AvgIpc) is 1.62. The van der Waals surface area contributed by atoms with Gasteiger partial charge in [0, 0.05) is 118 Å². The van der Waals surface area contributed by atoms with Crippen LogP contribution in [-0.2, 0) is 96.7 Å². The third-order valence-electron chi connectivity index (χ3n) is 19.1. The predicted octanol–water partition coefficient (Wildman–Crippen LogP) is 26.2. The van der Waals surface area contributed by atoms with Crippen LogP contribution in [0.2, 0.25) is 0 Å². The molecular weight excluding hydrogens is 2100 g/mol. The first-order valence-electron chi connectivity index (χ1n) is 37.4. The van der Waals surface area contributed by atoms with Gasteiger partial charge in [-0.3, -0.25) is 0 Å². The van der Waals surface area contributed by atoms with E-state index in [4.69, 9.17) is 0 Å². The van der Waals surface area contributed by atoms with Gasteiger partial charge >= 0.3 is 0 Å². The molecule has 0 spiro atoms. The van der Waals surface area contributed by atoms with E-state index in [1.165, 1.54) is 85.2 Å². The Kier molecular flexibility index (Phi) is 34.3. The molecule has 1 fully saturated rings. The SMILES string of the molecule is CC(C)(C)c1ccc(-c2[c-]ccc(-c3ccccc3)c2)nc1.CC(C)(C)c1ccc(-c2[c-]ccc(-c3ccccc3)c2)nc1.CC1(c2ccnc(-c3[c-]ccc(-c4ccccc4)c3)c2)CC1.Cc1cnc(-c2[c-]ccc(-c3ccccc3)c2)cc1C.[Ir].[Ir].[Ir].[Ir].[c-]1ccccc1-c1ccccn1.[c-]1ccccc1-c1ccccn1. The molecule has 0 saturated heterocycles. The van der Waals surface area contributed by atoms with Crippen molar-refractivity contribution in [3.8, 4) is 112 Å². The fourth-order valence-electron chi connectivity index (χ4n) is 12.0. The number of hydrogen-bond donors (Lipinski definition) is 0. The van der Waals surface area contributed by atoms with Gasteiger partial charge in [0.05, 0.1) is 0 Å². The average molecular weight is 2190 g/mol. The van der Waals surface area contributed by atoms with Gasteiger partial charge in [-0.25, -0.2) is 0 Å². The van der Waals surface area contributed by atoms with Crippen LogP contribution < -0.4 is 0 Å². The zero-order valence-corrected chi connectivity index (χ0v) is 75.1. The normalized spacial score (nSPS) is 11.3. The van der Waals surface area contributed by atoms with Crippen molar-refractivity contribution in [2.24, 2.45) is 0 Å². The summed E-state index contributed by atoms with van der Waals surface area (Å²) in [4.78, 5) is 26.7. The topological polar surface area (TPSA) is 77.3 Å². The number of aromatic nitrogens is 6. The van der Waals surface area contributed by atoms with Gasteiger partial charge in [0.2, 0.25) is 0 Å². The quantitative estimate of drug-likeness (QED) is 0.120. The molecule has 6 nitrogen and oxygen atoms in total. The maximum atomic E-state index is 4.62. The summed E-state index contributed by atoms with van der Waals surface area (Å²) >= 11 is 0. The Morgan fingerprint density at radius 1 is 0.254 bits per heavy atom. The molecule has 114 heavy (non-hydrogen) atoms. The van der Waals surface area contributed by atoms with E-state index in [2.05, 4.69) is 317 Å². The van der Waals surface area contributed by atoms with Gasteiger partial charge in [-0.1, -0.05) is 236 Å². The van der Waals surface area contributed by atoms with Crippen LogP contribution in [0.4, 0.5) is 0 Å². The second-order valence-corrected chi connectivity index (χ2v) is 29.4. The van der Waals surface area contributed by atoms with E-state index in [-0.39, 0.29) is 91.3 Å². The first-order chi connectivity index (χ1) is 53.5. The molecule has 10 aromatic carbocycles. The molecular formula is C104H90Ir4N6-6. The van der Waals surface area contributed by atoms with Gasteiger partial charge in [-0.2, -0.15) is 0 Å². The molecule has 1 saturated carbocycles. The first-order valence-corrected chi connectivity index (χ1v) is 37.4. The molecule has 6 heterocycles. The molecule has 0 atom stereocenters. The summed E-state index contributed by atoms with van der Waals surface area (Å²) in [5.74, 6) is 0. The molecule has 0 bridgehead atoms. The van der Waals surface area contributed by atoms with Crippen LogP contribution in [-0.4, -0.2) is 29.9 Å². The van der Waals surface area contributed by atoms with Crippen molar-refractivity contribution in [3.05, 3.63) is 423 Å². The monoisotopic (exact) mass is 2190 g/mol. The molecule has 0 N–H and O–H groups in total. The van der Waals surface area contributed by atoms with Crippen LogP contribution in [0.25, 0.3) is 112 Å². The zero-order valence-electron chi connectivity index (χ0n) is 65.5. The molecule has 0 aliphatic heterocycles. The van der Waals surface area contributed by atoms with E-state index >= 15 is 0 Å². The Labute approximate surface area is 730 Å². The van der Waals surface area contributed by atoms with Crippen molar-refractivity contribution in [1.29, 1.82) is 0 Å². The minimum Gasteiger partial charge on any atom is -0.305 e. The summed E-state index contributed by atoms with van der Waals surface area (Å²) < 4.78 is 0. The van der Waals surface area contributed by atoms with E-state index in [1.807, 2.05) is 158 Å². The molecule has 578 valence electrons. The van der Waals surface area contributed by atoms with Crippen LogP contribution in [0.3, 0.4) is 0 Å². The number of hydrogen-bond acceptors (Lipinski definition) is 6.